The van der Waals surface area contributed by atoms with Gasteiger partial charge in [-0.05, 0) is 36.4 Å². The van der Waals surface area contributed by atoms with Gasteiger partial charge in [0.05, 0.1) is 17.5 Å². The van der Waals surface area contributed by atoms with Gasteiger partial charge < -0.3 is 4.42 Å². The number of benzene rings is 1. The van der Waals surface area contributed by atoms with Crippen molar-refractivity contribution in [2.45, 2.75) is 0 Å². The van der Waals surface area contributed by atoms with Crippen molar-refractivity contribution in [1.29, 1.82) is 0 Å². The fraction of sp³-hybridized carbons (Fsp3) is 0. The largest absolute Gasteiger partial charge is 0.464 e. The van der Waals surface area contributed by atoms with Crippen LogP contribution in [0.4, 0.5) is 4.39 Å². The zero-order valence-corrected chi connectivity index (χ0v) is 9.92. The average Bonchev–Trinajstić information content (AvgIpc) is 2.93. The van der Waals surface area contributed by atoms with E-state index in [0.29, 0.717) is 17.0 Å². The predicted octanol–water partition coefficient (Wildman–Crippen LogP) is 3.24. The normalized spacial score (nSPS) is 10.6. The Morgan fingerprint density at radius 2 is 1.95 bits per heavy atom. The molecule has 0 spiro atoms. The number of nitrogens with zero attached hydrogens (tertiary/aromatic N) is 1. The van der Waals surface area contributed by atoms with Crippen LogP contribution in [-0.4, -0.2) is 4.57 Å². The lowest BCUT2D eigenvalue weighted by molar-refractivity contribution is 0.569. The average molecular weight is 255 g/mol. The molecule has 0 bridgehead atoms. The molecule has 0 fully saturated rings. The SMILES string of the molecule is O=c1ccccn1-c1ccc(-c2ccco2)c(F)c1. The Labute approximate surface area is 108 Å². The lowest BCUT2D eigenvalue weighted by atomic mass is 10.1. The highest BCUT2D eigenvalue weighted by Gasteiger charge is 2.09. The minimum Gasteiger partial charge on any atom is -0.464 e. The third-order valence-corrected chi connectivity index (χ3v) is 2.84. The molecule has 3 nitrogen and oxygen atoms in total. The summed E-state index contributed by atoms with van der Waals surface area (Å²) in [6.45, 7) is 0. The molecule has 1 aromatic carbocycles. The van der Waals surface area contributed by atoms with Crippen LogP contribution in [0.25, 0.3) is 17.0 Å². The highest BCUT2D eigenvalue weighted by molar-refractivity contribution is 5.60. The summed E-state index contributed by atoms with van der Waals surface area (Å²) in [5, 5.41) is 0. The molecule has 2 aromatic heterocycles. The molecule has 0 atom stereocenters. The molecule has 3 rings (SSSR count). The molecule has 0 aliphatic carbocycles. The van der Waals surface area contributed by atoms with E-state index in [0.717, 1.165) is 0 Å². The van der Waals surface area contributed by atoms with Crippen LogP contribution in [0.3, 0.4) is 0 Å². The minimum atomic E-state index is -0.428. The number of aromatic nitrogens is 1. The lowest BCUT2D eigenvalue weighted by Crippen LogP contribution is -2.15. The van der Waals surface area contributed by atoms with Crippen LogP contribution in [0.5, 0.6) is 0 Å². The van der Waals surface area contributed by atoms with Gasteiger partial charge in [0, 0.05) is 12.3 Å². The molecule has 0 N–H and O–H groups in total. The van der Waals surface area contributed by atoms with E-state index in [-0.39, 0.29) is 5.56 Å². The molecule has 0 aliphatic rings. The Bertz CT molecular complexity index is 760. The quantitative estimate of drug-likeness (QED) is 0.704. The maximum absolute atomic E-state index is 14.1. The van der Waals surface area contributed by atoms with Crippen molar-refractivity contribution in [2.75, 3.05) is 0 Å². The molecule has 0 aliphatic heterocycles. The first kappa shape index (κ1) is 11.5. The summed E-state index contributed by atoms with van der Waals surface area (Å²) in [5.41, 5.74) is 0.656. The van der Waals surface area contributed by atoms with Crippen LogP contribution in [0.15, 0.2) is 70.2 Å². The van der Waals surface area contributed by atoms with Crippen molar-refractivity contribution in [3.8, 4) is 17.0 Å². The van der Waals surface area contributed by atoms with Crippen molar-refractivity contribution < 1.29 is 8.81 Å². The lowest BCUT2D eigenvalue weighted by Gasteiger charge is -2.06. The molecule has 0 saturated heterocycles. The topological polar surface area (TPSA) is 35.1 Å². The van der Waals surface area contributed by atoms with E-state index in [1.807, 2.05) is 0 Å². The van der Waals surface area contributed by atoms with Gasteiger partial charge in [-0.3, -0.25) is 9.36 Å². The fourth-order valence-electron chi connectivity index (χ4n) is 1.93. The van der Waals surface area contributed by atoms with E-state index in [1.165, 1.54) is 23.0 Å². The van der Waals surface area contributed by atoms with Gasteiger partial charge in [-0.15, -0.1) is 0 Å². The van der Waals surface area contributed by atoms with Crippen LogP contribution in [-0.2, 0) is 0 Å². The fourth-order valence-corrected chi connectivity index (χ4v) is 1.93. The molecule has 19 heavy (non-hydrogen) atoms. The summed E-state index contributed by atoms with van der Waals surface area (Å²) in [4.78, 5) is 11.7. The number of hydrogen-bond acceptors (Lipinski definition) is 2. The number of hydrogen-bond donors (Lipinski definition) is 0. The van der Waals surface area contributed by atoms with Crippen molar-refractivity contribution in [2.24, 2.45) is 0 Å². The zero-order valence-electron chi connectivity index (χ0n) is 9.92. The summed E-state index contributed by atoms with van der Waals surface area (Å²) < 4.78 is 20.6. The predicted molar refractivity (Wildman–Crippen MR) is 69.7 cm³/mol. The molecule has 94 valence electrons. The highest BCUT2D eigenvalue weighted by atomic mass is 19.1. The van der Waals surface area contributed by atoms with Crippen molar-refractivity contribution >= 4 is 0 Å². The van der Waals surface area contributed by atoms with Gasteiger partial charge in [-0.2, -0.15) is 0 Å². The number of halogens is 1. The van der Waals surface area contributed by atoms with Gasteiger partial charge in [-0.1, -0.05) is 6.07 Å². The molecule has 0 saturated carbocycles. The summed E-state index contributed by atoms with van der Waals surface area (Å²) in [6, 6.07) is 12.8. The molecular formula is C15H10FNO2. The van der Waals surface area contributed by atoms with E-state index >= 15 is 0 Å². The Kier molecular flexibility index (Phi) is 2.76. The minimum absolute atomic E-state index is 0.201. The third-order valence-electron chi connectivity index (χ3n) is 2.84. The number of pyridine rings is 1. The number of rotatable bonds is 2. The first-order chi connectivity index (χ1) is 9.25. The van der Waals surface area contributed by atoms with Crippen molar-refractivity contribution in [3.63, 3.8) is 0 Å². The molecule has 0 unspecified atom stereocenters. The second kappa shape index (κ2) is 4.57. The second-order valence-electron chi connectivity index (χ2n) is 4.05. The zero-order chi connectivity index (χ0) is 13.2. The van der Waals surface area contributed by atoms with Crippen LogP contribution in [0.2, 0.25) is 0 Å². The Balaban J connectivity index is 2.10. The maximum Gasteiger partial charge on any atom is 0.255 e. The van der Waals surface area contributed by atoms with Gasteiger partial charge in [0.2, 0.25) is 0 Å². The van der Waals surface area contributed by atoms with Crippen LogP contribution in [0, 0.1) is 5.82 Å². The maximum atomic E-state index is 14.1. The van der Waals surface area contributed by atoms with E-state index in [2.05, 4.69) is 0 Å². The molecule has 4 heteroatoms. The van der Waals surface area contributed by atoms with Crippen molar-refractivity contribution in [1.82, 2.24) is 4.57 Å². The molecule has 2 heterocycles. The highest BCUT2D eigenvalue weighted by Crippen LogP contribution is 2.24. The summed E-state index contributed by atoms with van der Waals surface area (Å²) in [6.07, 6.45) is 3.09. The van der Waals surface area contributed by atoms with E-state index < -0.39 is 5.82 Å². The van der Waals surface area contributed by atoms with Gasteiger partial charge in [0.1, 0.15) is 11.6 Å². The van der Waals surface area contributed by atoms with E-state index in [4.69, 9.17) is 4.42 Å². The van der Waals surface area contributed by atoms with Gasteiger partial charge >= 0.3 is 0 Å². The Hall–Kier alpha value is -2.62. The van der Waals surface area contributed by atoms with Gasteiger partial charge in [-0.25, -0.2) is 4.39 Å². The standard InChI is InChI=1S/C15H10FNO2/c16-13-10-11(17-8-2-1-5-15(17)18)6-7-12(13)14-4-3-9-19-14/h1-10H. The summed E-state index contributed by atoms with van der Waals surface area (Å²) in [5.74, 6) is 0.0349. The molecule has 3 aromatic rings. The molecular weight excluding hydrogens is 245 g/mol. The summed E-state index contributed by atoms with van der Waals surface area (Å²) >= 11 is 0. The summed E-state index contributed by atoms with van der Waals surface area (Å²) in [7, 11) is 0. The Morgan fingerprint density at radius 1 is 1.05 bits per heavy atom. The second-order valence-corrected chi connectivity index (χ2v) is 4.05. The van der Waals surface area contributed by atoms with Gasteiger partial charge in [0.25, 0.3) is 5.56 Å². The van der Waals surface area contributed by atoms with Crippen molar-refractivity contribution in [3.05, 3.63) is 77.2 Å². The first-order valence-corrected chi connectivity index (χ1v) is 5.77. The Morgan fingerprint density at radius 3 is 2.63 bits per heavy atom. The molecule has 0 radical (unpaired) electrons. The van der Waals surface area contributed by atoms with Gasteiger partial charge in [0.15, 0.2) is 0 Å². The smallest absolute Gasteiger partial charge is 0.255 e. The van der Waals surface area contributed by atoms with Crippen LogP contribution in [0.1, 0.15) is 0 Å². The molecule has 0 amide bonds. The monoisotopic (exact) mass is 255 g/mol. The third kappa shape index (κ3) is 2.08. The van der Waals surface area contributed by atoms with E-state index in [1.54, 1.807) is 42.6 Å². The first-order valence-electron chi connectivity index (χ1n) is 5.77. The number of furan rings is 1. The van der Waals surface area contributed by atoms with Crippen LogP contribution < -0.4 is 5.56 Å². The van der Waals surface area contributed by atoms with Crippen LogP contribution >= 0.6 is 0 Å². The van der Waals surface area contributed by atoms with E-state index in [9.17, 15) is 9.18 Å².